The van der Waals surface area contributed by atoms with E-state index in [0.717, 1.165) is 56.2 Å². The maximum atomic E-state index is 5.88. The van der Waals surface area contributed by atoms with Crippen molar-refractivity contribution in [2.75, 3.05) is 20.3 Å². The summed E-state index contributed by atoms with van der Waals surface area (Å²) >= 11 is 0. The van der Waals surface area contributed by atoms with Gasteiger partial charge in [-0.25, -0.2) is 0 Å². The van der Waals surface area contributed by atoms with Gasteiger partial charge in [0.15, 0.2) is 11.5 Å². The van der Waals surface area contributed by atoms with Gasteiger partial charge < -0.3 is 18.8 Å². The zero-order valence-electron chi connectivity index (χ0n) is 18.5. The molecule has 3 aromatic rings. The fourth-order valence-corrected chi connectivity index (χ4v) is 4.39. The lowest BCUT2D eigenvalue weighted by Crippen LogP contribution is -2.15. The molecule has 33 heavy (non-hydrogen) atoms. The highest BCUT2D eigenvalue weighted by Gasteiger charge is 2.23. The van der Waals surface area contributed by atoms with Gasteiger partial charge in [-0.3, -0.25) is 0 Å². The summed E-state index contributed by atoms with van der Waals surface area (Å²) in [5.74, 6) is 2.34. The molecule has 3 aliphatic rings. The van der Waals surface area contributed by atoms with Gasteiger partial charge in [-0.2, -0.15) is 0 Å². The Morgan fingerprint density at radius 2 is 1.67 bits per heavy atom. The van der Waals surface area contributed by atoms with E-state index in [4.69, 9.17) is 14.2 Å². The van der Waals surface area contributed by atoms with Gasteiger partial charge in [0.2, 0.25) is 0 Å². The summed E-state index contributed by atoms with van der Waals surface area (Å²) in [6.45, 7) is 3.84. The average Bonchev–Trinajstić information content (AvgIpc) is 3.27. The predicted molar refractivity (Wildman–Crippen MR) is 127 cm³/mol. The lowest BCUT2D eigenvalue weighted by Gasteiger charge is -2.21. The van der Waals surface area contributed by atoms with Crippen molar-refractivity contribution in [2.24, 2.45) is 0 Å². The SMILES string of the molecule is COc1cccc(Cn2cc3c(-c4ccc(C)cc4)nnc-3c3cc4c(cc32)OCCO4)c1. The Morgan fingerprint density at radius 1 is 0.909 bits per heavy atom. The molecule has 6 nitrogen and oxygen atoms in total. The Bertz CT molecular complexity index is 1440. The molecule has 0 saturated heterocycles. The highest BCUT2D eigenvalue weighted by Crippen LogP contribution is 2.42. The topological polar surface area (TPSA) is 58.4 Å². The normalized spacial score (nSPS) is 12.9. The van der Waals surface area contributed by atoms with E-state index in [9.17, 15) is 0 Å². The van der Waals surface area contributed by atoms with Crippen LogP contribution in [0.15, 0.2) is 66.9 Å². The van der Waals surface area contributed by atoms with Crippen LogP contribution in [0.25, 0.3) is 33.4 Å². The molecule has 3 heterocycles. The lowest BCUT2D eigenvalue weighted by molar-refractivity contribution is 0.172. The van der Waals surface area contributed by atoms with Crippen LogP contribution in [0.5, 0.6) is 17.2 Å². The maximum absolute atomic E-state index is 5.88. The van der Waals surface area contributed by atoms with Crippen LogP contribution in [0.4, 0.5) is 0 Å². The minimum atomic E-state index is 0.541. The van der Waals surface area contributed by atoms with E-state index in [-0.39, 0.29) is 0 Å². The number of rotatable bonds is 4. The van der Waals surface area contributed by atoms with Crippen LogP contribution < -0.4 is 14.2 Å². The fourth-order valence-electron chi connectivity index (χ4n) is 4.39. The van der Waals surface area contributed by atoms with Crippen molar-refractivity contribution >= 4 is 10.9 Å². The smallest absolute Gasteiger partial charge is 0.163 e. The second-order valence-corrected chi connectivity index (χ2v) is 8.30. The number of aromatic nitrogens is 3. The first-order valence-corrected chi connectivity index (χ1v) is 11.0. The van der Waals surface area contributed by atoms with Crippen LogP contribution in [0, 0.1) is 6.92 Å². The molecule has 3 aliphatic heterocycles. The molecule has 0 N–H and O–H groups in total. The van der Waals surface area contributed by atoms with Crippen LogP contribution in [0.2, 0.25) is 0 Å². The Morgan fingerprint density at radius 3 is 2.45 bits per heavy atom. The van der Waals surface area contributed by atoms with Crippen molar-refractivity contribution in [1.82, 2.24) is 14.8 Å². The summed E-state index contributed by atoms with van der Waals surface area (Å²) in [5, 5.41) is 10.2. The largest absolute Gasteiger partial charge is 0.497 e. The van der Waals surface area contributed by atoms with E-state index in [1.165, 1.54) is 5.56 Å². The van der Waals surface area contributed by atoms with Crippen LogP contribution >= 0.6 is 0 Å². The van der Waals surface area contributed by atoms with E-state index >= 15 is 0 Å². The quantitative estimate of drug-likeness (QED) is 0.380. The number of hydrogen-bond acceptors (Lipinski definition) is 5. The zero-order valence-corrected chi connectivity index (χ0v) is 18.5. The van der Waals surface area contributed by atoms with Gasteiger partial charge >= 0.3 is 0 Å². The van der Waals surface area contributed by atoms with Crippen LogP contribution in [0.3, 0.4) is 0 Å². The Balaban J connectivity index is 1.58. The number of aryl methyl sites for hydroxylation is 1. The number of nitrogens with zero attached hydrogens (tertiary/aromatic N) is 3. The van der Waals surface area contributed by atoms with E-state index in [1.54, 1.807) is 7.11 Å². The maximum Gasteiger partial charge on any atom is 0.163 e. The third-order valence-corrected chi connectivity index (χ3v) is 6.08. The second-order valence-electron chi connectivity index (χ2n) is 8.30. The first kappa shape index (κ1) is 19.6. The number of methoxy groups -OCH3 is 1. The van der Waals surface area contributed by atoms with Crippen molar-refractivity contribution in [3.8, 4) is 39.8 Å². The van der Waals surface area contributed by atoms with Gasteiger partial charge in [-0.05, 0) is 30.7 Å². The first-order chi connectivity index (χ1) is 16.2. The lowest BCUT2D eigenvalue weighted by atomic mass is 10.0. The molecule has 6 heteroatoms. The molecule has 0 unspecified atom stereocenters. The standard InChI is InChI=1S/C27H23N3O3/c1-17-6-8-19(9-7-17)26-22-16-30(15-18-4-3-5-20(12-18)31-2)23-14-25-24(32-10-11-33-25)13-21(23)27(22)29-28-26/h3-9,12-14,16H,10-11,15H2,1-2H3. The van der Waals surface area contributed by atoms with E-state index in [2.05, 4.69) is 64.3 Å². The summed E-state index contributed by atoms with van der Waals surface area (Å²) in [6, 6.07) is 20.6. The molecule has 0 saturated carbocycles. The van der Waals surface area contributed by atoms with Crippen molar-refractivity contribution in [3.63, 3.8) is 0 Å². The number of benzene rings is 3. The zero-order chi connectivity index (χ0) is 22.4. The third kappa shape index (κ3) is 3.44. The van der Waals surface area contributed by atoms with Crippen molar-refractivity contribution < 1.29 is 14.2 Å². The molecule has 164 valence electrons. The summed E-state index contributed by atoms with van der Waals surface area (Å²) < 4.78 is 19.4. The van der Waals surface area contributed by atoms with Crippen LogP contribution in [0.1, 0.15) is 11.1 Å². The summed E-state index contributed by atoms with van der Waals surface area (Å²) in [6.07, 6.45) is 2.14. The van der Waals surface area contributed by atoms with Gasteiger partial charge in [-0.1, -0.05) is 42.0 Å². The second kappa shape index (κ2) is 7.81. The molecule has 0 bridgehead atoms. The van der Waals surface area contributed by atoms with E-state index in [0.29, 0.717) is 19.8 Å². The number of ether oxygens (including phenoxy) is 3. The van der Waals surface area contributed by atoms with Gasteiger partial charge in [0.1, 0.15) is 30.4 Å². The first-order valence-electron chi connectivity index (χ1n) is 11.0. The Labute approximate surface area is 191 Å². The van der Waals surface area contributed by atoms with Gasteiger partial charge in [0.05, 0.1) is 12.6 Å². The molecule has 3 aromatic carbocycles. The predicted octanol–water partition coefficient (Wildman–Crippen LogP) is 5.34. The van der Waals surface area contributed by atoms with Crippen molar-refractivity contribution in [2.45, 2.75) is 13.5 Å². The van der Waals surface area contributed by atoms with Crippen molar-refractivity contribution in [1.29, 1.82) is 0 Å². The van der Waals surface area contributed by atoms with Crippen LogP contribution in [-0.2, 0) is 6.54 Å². The Hall–Kier alpha value is -4.06. The van der Waals surface area contributed by atoms with Gasteiger partial charge in [0, 0.05) is 35.3 Å². The van der Waals surface area contributed by atoms with E-state index < -0.39 is 0 Å². The molecule has 0 atom stereocenters. The summed E-state index contributed by atoms with van der Waals surface area (Å²) in [5.41, 5.74) is 7.16. The Kier molecular flexibility index (Phi) is 4.64. The minimum absolute atomic E-state index is 0.541. The molecule has 0 radical (unpaired) electrons. The van der Waals surface area contributed by atoms with Gasteiger partial charge in [-0.15, -0.1) is 10.2 Å². The molecule has 0 aromatic heterocycles. The number of hydrogen-bond donors (Lipinski definition) is 0. The number of pyridine rings is 1. The monoisotopic (exact) mass is 437 g/mol. The molecule has 0 amide bonds. The highest BCUT2D eigenvalue weighted by molar-refractivity contribution is 5.99. The minimum Gasteiger partial charge on any atom is -0.497 e. The van der Waals surface area contributed by atoms with Crippen molar-refractivity contribution in [3.05, 3.63) is 78.0 Å². The summed E-state index contributed by atoms with van der Waals surface area (Å²) in [7, 11) is 1.69. The molecule has 0 fully saturated rings. The third-order valence-electron chi connectivity index (χ3n) is 6.08. The van der Waals surface area contributed by atoms with E-state index in [1.807, 2.05) is 24.3 Å². The number of fused-ring (bicyclic) bond motifs is 4. The molecule has 6 rings (SSSR count). The molecular weight excluding hydrogens is 414 g/mol. The summed E-state index contributed by atoms with van der Waals surface area (Å²) in [4.78, 5) is 0. The molecule has 0 aliphatic carbocycles. The molecule has 0 spiro atoms. The average molecular weight is 437 g/mol. The highest BCUT2D eigenvalue weighted by atomic mass is 16.6. The van der Waals surface area contributed by atoms with Gasteiger partial charge in [0.25, 0.3) is 0 Å². The fraction of sp³-hybridized carbons (Fsp3) is 0.185. The van der Waals surface area contributed by atoms with Crippen LogP contribution in [-0.4, -0.2) is 35.1 Å². The molecular formula is C27H23N3O3.